The van der Waals surface area contributed by atoms with Crippen LogP contribution in [0.2, 0.25) is 0 Å². The molecule has 0 saturated carbocycles. The van der Waals surface area contributed by atoms with Crippen molar-refractivity contribution in [2.45, 2.75) is 71.0 Å². The van der Waals surface area contributed by atoms with Gasteiger partial charge in [-0.05, 0) is 81.1 Å². The molecule has 0 spiro atoms. The molecule has 2 atom stereocenters. The SMILES string of the molecule is CCC(C)NC(=O)C(Cc1ccccc1)N(Cc1ccccc1F)C(=O)CN(c1cc(C)cc(C)c1)S(=O)(=O)c1ccc(C)cc1. The van der Waals surface area contributed by atoms with Crippen molar-refractivity contribution in [2.75, 3.05) is 10.8 Å². The molecule has 4 aromatic rings. The fourth-order valence-corrected chi connectivity index (χ4v) is 6.66. The molecule has 4 aromatic carbocycles. The summed E-state index contributed by atoms with van der Waals surface area (Å²) in [5, 5.41) is 2.99. The Hall–Kier alpha value is -4.50. The lowest BCUT2D eigenvalue weighted by atomic mass is 10.0. The fraction of sp³-hybridized carbons (Fsp3) is 0.297. The van der Waals surface area contributed by atoms with E-state index in [0.717, 1.165) is 26.6 Å². The molecule has 0 aromatic heterocycles. The van der Waals surface area contributed by atoms with E-state index in [2.05, 4.69) is 5.32 Å². The van der Waals surface area contributed by atoms with Gasteiger partial charge in [0.1, 0.15) is 18.4 Å². The van der Waals surface area contributed by atoms with Gasteiger partial charge < -0.3 is 10.2 Å². The Kier molecular flexibility index (Phi) is 11.4. The van der Waals surface area contributed by atoms with Crippen LogP contribution in [0.3, 0.4) is 0 Å². The van der Waals surface area contributed by atoms with Crippen molar-refractivity contribution >= 4 is 27.5 Å². The first-order valence-corrected chi connectivity index (χ1v) is 16.9. The first-order valence-electron chi connectivity index (χ1n) is 15.4. The highest BCUT2D eigenvalue weighted by molar-refractivity contribution is 7.92. The monoisotopic (exact) mass is 643 g/mol. The van der Waals surface area contributed by atoms with Crippen molar-refractivity contribution in [3.05, 3.63) is 131 Å². The number of nitrogens with zero attached hydrogens (tertiary/aromatic N) is 2. The van der Waals surface area contributed by atoms with Crippen LogP contribution in [0.4, 0.5) is 10.1 Å². The Labute approximate surface area is 272 Å². The largest absolute Gasteiger partial charge is 0.352 e. The highest BCUT2D eigenvalue weighted by Gasteiger charge is 2.35. The molecule has 2 unspecified atom stereocenters. The minimum Gasteiger partial charge on any atom is -0.352 e. The van der Waals surface area contributed by atoms with Crippen LogP contribution in [0.5, 0.6) is 0 Å². The topological polar surface area (TPSA) is 86.8 Å². The Balaban J connectivity index is 1.84. The Bertz CT molecular complexity index is 1740. The maximum absolute atomic E-state index is 15.1. The van der Waals surface area contributed by atoms with Gasteiger partial charge in [-0.25, -0.2) is 12.8 Å². The van der Waals surface area contributed by atoms with Crippen LogP contribution in [-0.2, 0) is 32.6 Å². The summed E-state index contributed by atoms with van der Waals surface area (Å²) >= 11 is 0. The van der Waals surface area contributed by atoms with Gasteiger partial charge in [0.2, 0.25) is 11.8 Å². The number of aryl methyl sites for hydroxylation is 3. The zero-order chi connectivity index (χ0) is 33.4. The van der Waals surface area contributed by atoms with E-state index in [1.807, 2.05) is 71.0 Å². The molecule has 0 saturated heterocycles. The van der Waals surface area contributed by atoms with Gasteiger partial charge in [0, 0.05) is 24.6 Å². The van der Waals surface area contributed by atoms with Crippen LogP contribution in [0.15, 0.2) is 102 Å². The lowest BCUT2D eigenvalue weighted by Gasteiger charge is -2.34. The Morgan fingerprint density at radius 2 is 1.43 bits per heavy atom. The lowest BCUT2D eigenvalue weighted by molar-refractivity contribution is -0.140. The van der Waals surface area contributed by atoms with Crippen molar-refractivity contribution in [3.8, 4) is 0 Å². The maximum Gasteiger partial charge on any atom is 0.264 e. The van der Waals surface area contributed by atoms with E-state index in [0.29, 0.717) is 12.1 Å². The number of anilines is 1. The number of sulfonamides is 1. The lowest BCUT2D eigenvalue weighted by Crippen LogP contribution is -2.54. The van der Waals surface area contributed by atoms with Crippen LogP contribution < -0.4 is 9.62 Å². The molecular formula is C37H42FN3O4S. The summed E-state index contributed by atoms with van der Waals surface area (Å²) in [6.45, 7) is 8.55. The molecule has 9 heteroatoms. The van der Waals surface area contributed by atoms with E-state index in [9.17, 15) is 18.0 Å². The van der Waals surface area contributed by atoms with Gasteiger partial charge in [0.15, 0.2) is 0 Å². The first-order chi connectivity index (χ1) is 21.9. The molecule has 0 aliphatic heterocycles. The standard InChI is InChI=1S/C37H42FN3O4S/c1-6-29(5)39-37(43)35(23-30-12-8-7-9-13-30)40(24-31-14-10-11-15-34(31)38)36(42)25-41(32-21-27(3)20-28(4)22-32)46(44,45)33-18-16-26(2)17-19-33/h7-22,29,35H,6,23-25H2,1-5H3,(H,39,43). The van der Waals surface area contributed by atoms with E-state index in [4.69, 9.17) is 0 Å². The van der Waals surface area contributed by atoms with E-state index in [1.165, 1.54) is 23.1 Å². The van der Waals surface area contributed by atoms with Gasteiger partial charge in [-0.1, -0.05) is 79.2 Å². The van der Waals surface area contributed by atoms with Crippen LogP contribution >= 0.6 is 0 Å². The quantitative estimate of drug-likeness (QED) is 0.180. The highest BCUT2D eigenvalue weighted by Crippen LogP contribution is 2.27. The molecular weight excluding hydrogens is 601 g/mol. The number of nitrogens with one attached hydrogen (secondary N) is 1. The van der Waals surface area contributed by atoms with Gasteiger partial charge in [0.05, 0.1) is 10.6 Å². The van der Waals surface area contributed by atoms with Crippen LogP contribution in [-0.4, -0.2) is 43.8 Å². The van der Waals surface area contributed by atoms with Crippen molar-refractivity contribution < 1.29 is 22.4 Å². The van der Waals surface area contributed by atoms with Crippen LogP contribution in [0.1, 0.15) is 48.1 Å². The molecule has 0 bridgehead atoms. The number of hydrogen-bond donors (Lipinski definition) is 1. The van der Waals surface area contributed by atoms with Crippen LogP contribution in [0.25, 0.3) is 0 Å². The van der Waals surface area contributed by atoms with Crippen molar-refractivity contribution in [2.24, 2.45) is 0 Å². The average Bonchev–Trinajstić information content (AvgIpc) is 3.02. The van der Waals surface area contributed by atoms with E-state index in [-0.39, 0.29) is 29.5 Å². The zero-order valence-corrected chi connectivity index (χ0v) is 27.9. The molecule has 0 radical (unpaired) electrons. The molecule has 2 amide bonds. The molecule has 4 rings (SSSR count). The fourth-order valence-electron chi connectivity index (χ4n) is 5.27. The highest BCUT2D eigenvalue weighted by atomic mass is 32.2. The maximum atomic E-state index is 15.1. The van der Waals surface area contributed by atoms with E-state index >= 15 is 4.39 Å². The smallest absolute Gasteiger partial charge is 0.264 e. The van der Waals surface area contributed by atoms with Gasteiger partial charge >= 0.3 is 0 Å². The molecule has 0 aliphatic rings. The number of carbonyl (C=O) groups is 2. The van der Waals surface area contributed by atoms with Crippen molar-refractivity contribution in [3.63, 3.8) is 0 Å². The third kappa shape index (κ3) is 8.60. The summed E-state index contributed by atoms with van der Waals surface area (Å²) < 4.78 is 44.6. The number of halogens is 1. The van der Waals surface area contributed by atoms with Crippen molar-refractivity contribution in [1.82, 2.24) is 10.2 Å². The summed E-state index contributed by atoms with van der Waals surface area (Å²) in [5.41, 5.74) is 3.87. The van der Waals surface area contributed by atoms with Gasteiger partial charge in [-0.2, -0.15) is 0 Å². The second-order valence-electron chi connectivity index (χ2n) is 11.8. The minimum absolute atomic E-state index is 0.0288. The number of benzene rings is 4. The summed E-state index contributed by atoms with van der Waals surface area (Å²) in [6.07, 6.45) is 0.817. The molecule has 46 heavy (non-hydrogen) atoms. The van der Waals surface area contributed by atoms with Gasteiger partial charge in [0.25, 0.3) is 10.0 Å². The third-order valence-corrected chi connectivity index (χ3v) is 9.74. The Morgan fingerprint density at radius 1 is 0.826 bits per heavy atom. The molecule has 0 heterocycles. The summed E-state index contributed by atoms with van der Waals surface area (Å²) in [5.74, 6) is -1.57. The second-order valence-corrected chi connectivity index (χ2v) is 13.7. The van der Waals surface area contributed by atoms with E-state index in [1.54, 1.807) is 42.5 Å². The molecule has 7 nitrogen and oxygen atoms in total. The minimum atomic E-state index is -4.23. The number of amides is 2. The van der Waals surface area contributed by atoms with Gasteiger partial charge in [-0.15, -0.1) is 0 Å². The van der Waals surface area contributed by atoms with Gasteiger partial charge in [-0.3, -0.25) is 13.9 Å². The van der Waals surface area contributed by atoms with E-state index < -0.39 is 40.2 Å². The average molecular weight is 644 g/mol. The second kappa shape index (κ2) is 15.2. The molecule has 1 N–H and O–H groups in total. The summed E-state index contributed by atoms with van der Waals surface area (Å²) in [7, 11) is -4.23. The third-order valence-electron chi connectivity index (χ3n) is 7.95. The number of carbonyl (C=O) groups excluding carboxylic acids is 2. The molecule has 0 fully saturated rings. The zero-order valence-electron chi connectivity index (χ0n) is 27.0. The first kappa shape index (κ1) is 34.4. The predicted molar refractivity (Wildman–Crippen MR) is 180 cm³/mol. The predicted octanol–water partition coefficient (Wildman–Crippen LogP) is 6.50. The number of hydrogen-bond acceptors (Lipinski definition) is 4. The molecule has 0 aliphatic carbocycles. The summed E-state index contributed by atoms with van der Waals surface area (Å²) in [6, 6.07) is 25.9. The summed E-state index contributed by atoms with van der Waals surface area (Å²) in [4.78, 5) is 29.8. The Morgan fingerprint density at radius 3 is 2.04 bits per heavy atom. The normalized spacial score (nSPS) is 12.7. The number of rotatable bonds is 13. The molecule has 242 valence electrons. The van der Waals surface area contributed by atoms with Crippen LogP contribution in [0, 0.1) is 26.6 Å². The van der Waals surface area contributed by atoms with Crippen molar-refractivity contribution in [1.29, 1.82) is 0 Å².